The Morgan fingerprint density at radius 2 is 2.00 bits per heavy atom. The van der Waals surface area contributed by atoms with Gasteiger partial charge in [0.05, 0.1) is 0 Å². The highest BCUT2D eigenvalue weighted by molar-refractivity contribution is 5.54. The van der Waals surface area contributed by atoms with E-state index in [1.165, 1.54) is 18.9 Å². The summed E-state index contributed by atoms with van der Waals surface area (Å²) in [4.78, 5) is 2.26. The largest absolute Gasteiger partial charge is 0.396 e. The van der Waals surface area contributed by atoms with E-state index < -0.39 is 0 Å². The first-order chi connectivity index (χ1) is 9.63. The summed E-state index contributed by atoms with van der Waals surface area (Å²) in [5, 5.41) is 12.5. The number of aliphatic hydroxyl groups is 1. The van der Waals surface area contributed by atoms with Crippen LogP contribution in [0.3, 0.4) is 0 Å². The Kier molecular flexibility index (Phi) is 5.38. The van der Waals surface area contributed by atoms with Crippen molar-refractivity contribution < 1.29 is 9.50 Å². The van der Waals surface area contributed by atoms with Crippen LogP contribution in [0.25, 0.3) is 0 Å². The first-order valence-corrected chi connectivity index (χ1v) is 7.50. The standard InChI is InChI=1S/C16H25FN2O/c1-12(11-20)13(2)18-10-14-15(17)6-5-7-16(14)19-8-3-4-9-19/h5-7,12-13,18,20H,3-4,8-11H2,1-2H3. The van der Waals surface area contributed by atoms with Crippen molar-refractivity contribution >= 4 is 5.69 Å². The Balaban J connectivity index is 2.09. The molecule has 1 heterocycles. The average Bonchev–Trinajstić information content (AvgIpc) is 2.98. The van der Waals surface area contributed by atoms with Gasteiger partial charge in [0.15, 0.2) is 0 Å². The van der Waals surface area contributed by atoms with Crippen LogP contribution in [-0.2, 0) is 6.54 Å². The lowest BCUT2D eigenvalue weighted by Gasteiger charge is -2.24. The zero-order valence-electron chi connectivity index (χ0n) is 12.4. The fourth-order valence-corrected chi connectivity index (χ4v) is 2.60. The lowest BCUT2D eigenvalue weighted by molar-refractivity contribution is 0.207. The summed E-state index contributed by atoms with van der Waals surface area (Å²) >= 11 is 0. The van der Waals surface area contributed by atoms with Gasteiger partial charge >= 0.3 is 0 Å². The Morgan fingerprint density at radius 3 is 2.65 bits per heavy atom. The van der Waals surface area contributed by atoms with Crippen LogP contribution in [0.4, 0.5) is 10.1 Å². The quantitative estimate of drug-likeness (QED) is 0.840. The zero-order chi connectivity index (χ0) is 14.5. The van der Waals surface area contributed by atoms with Gasteiger partial charge in [0.25, 0.3) is 0 Å². The molecule has 0 saturated carbocycles. The second-order valence-electron chi connectivity index (χ2n) is 5.76. The van der Waals surface area contributed by atoms with E-state index >= 15 is 0 Å². The average molecular weight is 280 g/mol. The molecule has 0 bridgehead atoms. The van der Waals surface area contributed by atoms with Crippen molar-refractivity contribution in [2.75, 3.05) is 24.6 Å². The molecule has 1 aliphatic heterocycles. The van der Waals surface area contributed by atoms with E-state index in [4.69, 9.17) is 5.11 Å². The van der Waals surface area contributed by atoms with Crippen molar-refractivity contribution in [1.82, 2.24) is 5.32 Å². The summed E-state index contributed by atoms with van der Waals surface area (Å²) in [6.07, 6.45) is 2.36. The van der Waals surface area contributed by atoms with Crippen LogP contribution in [0, 0.1) is 11.7 Å². The van der Waals surface area contributed by atoms with Gasteiger partial charge < -0.3 is 15.3 Å². The first-order valence-electron chi connectivity index (χ1n) is 7.50. The van der Waals surface area contributed by atoms with Crippen molar-refractivity contribution in [2.45, 2.75) is 39.3 Å². The predicted octanol–water partition coefficient (Wildman–Crippen LogP) is 2.53. The highest BCUT2D eigenvalue weighted by Gasteiger charge is 2.19. The van der Waals surface area contributed by atoms with Gasteiger partial charge in [-0.25, -0.2) is 4.39 Å². The summed E-state index contributed by atoms with van der Waals surface area (Å²) in [5.74, 6) is 0.0164. The molecule has 1 fully saturated rings. The molecule has 3 nitrogen and oxygen atoms in total. The highest BCUT2D eigenvalue weighted by atomic mass is 19.1. The third kappa shape index (κ3) is 3.49. The molecule has 20 heavy (non-hydrogen) atoms. The molecule has 0 aliphatic carbocycles. The number of nitrogens with zero attached hydrogens (tertiary/aromatic N) is 1. The van der Waals surface area contributed by atoms with E-state index in [9.17, 15) is 4.39 Å². The lowest BCUT2D eigenvalue weighted by atomic mass is 10.0. The minimum Gasteiger partial charge on any atom is -0.396 e. The Morgan fingerprint density at radius 1 is 1.30 bits per heavy atom. The SMILES string of the molecule is CC(CO)C(C)NCc1c(F)cccc1N1CCCC1. The first kappa shape index (κ1) is 15.3. The monoisotopic (exact) mass is 280 g/mol. The van der Waals surface area contributed by atoms with Gasteiger partial charge in [0.1, 0.15) is 5.82 Å². The molecule has 2 N–H and O–H groups in total. The van der Waals surface area contributed by atoms with Crippen molar-refractivity contribution in [1.29, 1.82) is 0 Å². The Hall–Kier alpha value is -1.13. The third-order valence-corrected chi connectivity index (χ3v) is 4.28. The molecule has 4 heteroatoms. The van der Waals surface area contributed by atoms with Crippen molar-refractivity contribution in [3.63, 3.8) is 0 Å². The van der Waals surface area contributed by atoms with Crippen LogP contribution >= 0.6 is 0 Å². The Labute approximate surface area is 120 Å². The van der Waals surface area contributed by atoms with Crippen molar-refractivity contribution in [3.05, 3.63) is 29.6 Å². The van der Waals surface area contributed by atoms with Crippen molar-refractivity contribution in [3.8, 4) is 0 Å². The van der Waals surface area contributed by atoms with E-state index in [0.29, 0.717) is 6.54 Å². The molecule has 0 aromatic heterocycles. The van der Waals surface area contributed by atoms with Gasteiger partial charge in [-0.15, -0.1) is 0 Å². The van der Waals surface area contributed by atoms with Crippen LogP contribution in [-0.4, -0.2) is 30.8 Å². The molecular formula is C16H25FN2O. The fraction of sp³-hybridized carbons (Fsp3) is 0.625. The summed E-state index contributed by atoms with van der Waals surface area (Å²) in [6.45, 7) is 6.68. The molecule has 1 aromatic carbocycles. The molecule has 1 saturated heterocycles. The van der Waals surface area contributed by atoms with E-state index in [-0.39, 0.29) is 24.4 Å². The summed E-state index contributed by atoms with van der Waals surface area (Å²) in [7, 11) is 0. The third-order valence-electron chi connectivity index (χ3n) is 4.28. The number of benzene rings is 1. The van der Waals surface area contributed by atoms with Gasteiger partial charge in [-0.2, -0.15) is 0 Å². The number of anilines is 1. The van der Waals surface area contributed by atoms with Gasteiger partial charge in [-0.05, 0) is 37.8 Å². The number of rotatable bonds is 6. The number of hydrogen-bond donors (Lipinski definition) is 2. The second kappa shape index (κ2) is 7.04. The minimum absolute atomic E-state index is 0.143. The second-order valence-corrected chi connectivity index (χ2v) is 5.76. The molecule has 0 amide bonds. The lowest BCUT2D eigenvalue weighted by Crippen LogP contribution is -2.34. The smallest absolute Gasteiger partial charge is 0.129 e. The number of halogens is 1. The minimum atomic E-state index is -0.147. The molecule has 2 atom stereocenters. The van der Waals surface area contributed by atoms with Gasteiger partial charge in [-0.1, -0.05) is 13.0 Å². The number of nitrogens with one attached hydrogen (secondary N) is 1. The summed E-state index contributed by atoms with van der Waals surface area (Å²) in [5.41, 5.74) is 1.75. The van der Waals surface area contributed by atoms with Crippen LogP contribution in [0.2, 0.25) is 0 Å². The summed E-state index contributed by atoms with van der Waals surface area (Å²) < 4.78 is 14.1. The van der Waals surface area contributed by atoms with Crippen molar-refractivity contribution in [2.24, 2.45) is 5.92 Å². The van der Waals surface area contributed by atoms with Crippen LogP contribution in [0.15, 0.2) is 18.2 Å². The molecule has 2 rings (SSSR count). The van der Waals surface area contributed by atoms with Crippen LogP contribution in [0.1, 0.15) is 32.3 Å². The number of aliphatic hydroxyl groups excluding tert-OH is 1. The van der Waals surface area contributed by atoms with Gasteiger partial charge in [0, 0.05) is 43.5 Å². The maximum atomic E-state index is 14.1. The molecule has 112 valence electrons. The van der Waals surface area contributed by atoms with Gasteiger partial charge in [0.2, 0.25) is 0 Å². The highest BCUT2D eigenvalue weighted by Crippen LogP contribution is 2.26. The maximum absolute atomic E-state index is 14.1. The molecule has 2 unspecified atom stereocenters. The number of hydrogen-bond acceptors (Lipinski definition) is 3. The van der Waals surface area contributed by atoms with E-state index in [2.05, 4.69) is 10.2 Å². The van der Waals surface area contributed by atoms with Crippen LogP contribution in [0.5, 0.6) is 0 Å². The Bertz CT molecular complexity index is 432. The van der Waals surface area contributed by atoms with E-state index in [0.717, 1.165) is 24.3 Å². The van der Waals surface area contributed by atoms with E-state index in [1.54, 1.807) is 6.07 Å². The van der Waals surface area contributed by atoms with Gasteiger partial charge in [-0.3, -0.25) is 0 Å². The van der Waals surface area contributed by atoms with E-state index in [1.807, 2.05) is 19.9 Å². The zero-order valence-corrected chi connectivity index (χ0v) is 12.4. The predicted molar refractivity (Wildman–Crippen MR) is 80.4 cm³/mol. The topological polar surface area (TPSA) is 35.5 Å². The molecule has 1 aromatic rings. The maximum Gasteiger partial charge on any atom is 0.129 e. The normalized spacial score (nSPS) is 18.3. The molecule has 0 spiro atoms. The molecular weight excluding hydrogens is 255 g/mol. The summed E-state index contributed by atoms with van der Waals surface area (Å²) in [6, 6.07) is 5.47. The van der Waals surface area contributed by atoms with Crippen LogP contribution < -0.4 is 10.2 Å². The molecule has 0 radical (unpaired) electrons. The molecule has 1 aliphatic rings. The fourth-order valence-electron chi connectivity index (χ4n) is 2.60.